The molecule has 0 spiro atoms. The molecule has 2 aromatic carbocycles. The first-order chi connectivity index (χ1) is 9.19. The first-order valence-corrected chi connectivity index (χ1v) is 7.08. The highest BCUT2D eigenvalue weighted by Crippen LogP contribution is 2.46. The Morgan fingerprint density at radius 3 is 2.53 bits per heavy atom. The highest BCUT2D eigenvalue weighted by Gasteiger charge is 2.32. The third kappa shape index (κ3) is 2.23. The van der Waals surface area contributed by atoms with Gasteiger partial charge in [0.1, 0.15) is 17.6 Å². The largest absolute Gasteiger partial charge is 0.497 e. The first kappa shape index (κ1) is 12.5. The molecule has 3 rings (SSSR count). The van der Waals surface area contributed by atoms with Crippen molar-refractivity contribution in [1.82, 2.24) is 0 Å². The van der Waals surface area contributed by atoms with E-state index in [0.717, 1.165) is 16.0 Å². The van der Waals surface area contributed by atoms with Crippen LogP contribution in [0.5, 0.6) is 11.5 Å². The summed E-state index contributed by atoms with van der Waals surface area (Å²) in [6, 6.07) is 14.3. The van der Waals surface area contributed by atoms with E-state index < -0.39 is 0 Å². The molecular weight excluding hydrogens is 304 g/mol. The fourth-order valence-electron chi connectivity index (χ4n) is 2.53. The van der Waals surface area contributed by atoms with Crippen molar-refractivity contribution in [3.63, 3.8) is 0 Å². The molecule has 0 aliphatic carbocycles. The van der Waals surface area contributed by atoms with Crippen molar-refractivity contribution in [3.8, 4) is 11.5 Å². The third-order valence-electron chi connectivity index (χ3n) is 3.61. The number of rotatable bonds is 2. The van der Waals surface area contributed by atoms with Crippen molar-refractivity contribution >= 4 is 15.9 Å². The molecule has 0 saturated carbocycles. The third-order valence-corrected chi connectivity index (χ3v) is 4.11. The number of hydrogen-bond acceptors (Lipinski definition) is 2. The number of hydrogen-bond donors (Lipinski definition) is 0. The lowest BCUT2D eigenvalue weighted by Crippen LogP contribution is -2.07. The van der Waals surface area contributed by atoms with Gasteiger partial charge < -0.3 is 9.47 Å². The van der Waals surface area contributed by atoms with E-state index in [1.807, 2.05) is 24.3 Å². The van der Waals surface area contributed by atoms with Gasteiger partial charge in [0.2, 0.25) is 0 Å². The predicted molar refractivity (Wildman–Crippen MR) is 78.9 cm³/mol. The number of benzene rings is 2. The van der Waals surface area contributed by atoms with Gasteiger partial charge in [-0.05, 0) is 35.9 Å². The van der Waals surface area contributed by atoms with Crippen molar-refractivity contribution in [2.75, 3.05) is 7.11 Å². The lowest BCUT2D eigenvalue weighted by atomic mass is 9.93. The minimum absolute atomic E-state index is 0.0789. The molecule has 98 valence electrons. The SMILES string of the molecule is COc1ccc([C@@H]2Oc3ccc(Br)cc3[C@@H]2C)cc1. The maximum absolute atomic E-state index is 6.07. The molecule has 2 atom stereocenters. The Kier molecular flexibility index (Phi) is 3.23. The monoisotopic (exact) mass is 318 g/mol. The van der Waals surface area contributed by atoms with Gasteiger partial charge in [-0.1, -0.05) is 35.0 Å². The fourth-order valence-corrected chi connectivity index (χ4v) is 2.91. The molecule has 19 heavy (non-hydrogen) atoms. The Morgan fingerprint density at radius 2 is 1.84 bits per heavy atom. The van der Waals surface area contributed by atoms with Gasteiger partial charge in [0.05, 0.1) is 7.11 Å². The van der Waals surface area contributed by atoms with E-state index in [1.165, 1.54) is 11.1 Å². The molecule has 0 bridgehead atoms. The van der Waals surface area contributed by atoms with Crippen LogP contribution in [0.3, 0.4) is 0 Å². The second kappa shape index (κ2) is 4.89. The summed E-state index contributed by atoms with van der Waals surface area (Å²) in [6.07, 6.45) is 0.0789. The summed E-state index contributed by atoms with van der Waals surface area (Å²) in [5, 5.41) is 0. The summed E-state index contributed by atoms with van der Waals surface area (Å²) in [4.78, 5) is 0. The molecule has 0 N–H and O–H groups in total. The minimum Gasteiger partial charge on any atom is -0.497 e. The van der Waals surface area contributed by atoms with Crippen LogP contribution in [0.4, 0.5) is 0 Å². The standard InChI is InChI=1S/C16H15BrO2/c1-10-14-9-12(17)5-8-15(14)19-16(10)11-3-6-13(18-2)7-4-11/h3-10,16H,1-2H3/t10-,16+/m0/s1. The average molecular weight is 319 g/mol. The van der Waals surface area contributed by atoms with Gasteiger partial charge in [0.25, 0.3) is 0 Å². The van der Waals surface area contributed by atoms with Gasteiger partial charge in [-0.3, -0.25) is 0 Å². The molecule has 0 saturated heterocycles. The van der Waals surface area contributed by atoms with Gasteiger partial charge in [0.15, 0.2) is 0 Å². The van der Waals surface area contributed by atoms with Gasteiger partial charge >= 0.3 is 0 Å². The van der Waals surface area contributed by atoms with Crippen molar-refractivity contribution in [1.29, 1.82) is 0 Å². The summed E-state index contributed by atoms with van der Waals surface area (Å²) in [5.41, 5.74) is 2.44. The molecule has 0 unspecified atom stereocenters. The molecule has 3 heteroatoms. The van der Waals surface area contributed by atoms with Gasteiger partial charge in [-0.25, -0.2) is 0 Å². The molecule has 1 heterocycles. The minimum atomic E-state index is 0.0789. The Balaban J connectivity index is 1.92. The van der Waals surface area contributed by atoms with E-state index in [-0.39, 0.29) is 6.10 Å². The van der Waals surface area contributed by atoms with Gasteiger partial charge in [0, 0.05) is 16.0 Å². The van der Waals surface area contributed by atoms with Crippen LogP contribution in [0.15, 0.2) is 46.9 Å². The summed E-state index contributed by atoms with van der Waals surface area (Å²) in [5.74, 6) is 2.20. The van der Waals surface area contributed by atoms with Crippen LogP contribution >= 0.6 is 15.9 Å². The summed E-state index contributed by atoms with van der Waals surface area (Å²) in [7, 11) is 1.68. The Labute approximate surface area is 121 Å². The highest BCUT2D eigenvalue weighted by atomic mass is 79.9. The maximum Gasteiger partial charge on any atom is 0.130 e. The predicted octanol–water partition coefficient (Wildman–Crippen LogP) is 4.69. The van der Waals surface area contributed by atoms with Crippen LogP contribution in [0.1, 0.15) is 30.1 Å². The second-order valence-corrected chi connectivity index (χ2v) is 5.70. The van der Waals surface area contributed by atoms with Gasteiger partial charge in [-0.2, -0.15) is 0 Å². The van der Waals surface area contributed by atoms with E-state index in [0.29, 0.717) is 5.92 Å². The van der Waals surface area contributed by atoms with E-state index in [2.05, 4.69) is 41.1 Å². The second-order valence-electron chi connectivity index (χ2n) is 4.78. The molecule has 2 aromatic rings. The number of fused-ring (bicyclic) bond motifs is 1. The number of ether oxygens (including phenoxy) is 2. The number of halogens is 1. The lowest BCUT2D eigenvalue weighted by molar-refractivity contribution is 0.216. The topological polar surface area (TPSA) is 18.5 Å². The molecule has 0 fully saturated rings. The molecule has 0 radical (unpaired) electrons. The summed E-state index contributed by atoms with van der Waals surface area (Å²) >= 11 is 3.52. The van der Waals surface area contributed by atoms with Crippen molar-refractivity contribution < 1.29 is 9.47 Å². The molecular formula is C16H15BrO2. The van der Waals surface area contributed by atoms with Crippen LogP contribution < -0.4 is 9.47 Å². The van der Waals surface area contributed by atoms with E-state index in [1.54, 1.807) is 7.11 Å². The molecule has 1 aliphatic rings. The van der Waals surface area contributed by atoms with Crippen molar-refractivity contribution in [3.05, 3.63) is 58.1 Å². The first-order valence-electron chi connectivity index (χ1n) is 6.29. The normalized spacial score (nSPS) is 20.8. The number of methoxy groups -OCH3 is 1. The average Bonchev–Trinajstić information content (AvgIpc) is 2.76. The zero-order valence-corrected chi connectivity index (χ0v) is 12.5. The quantitative estimate of drug-likeness (QED) is 0.799. The smallest absolute Gasteiger partial charge is 0.130 e. The lowest BCUT2D eigenvalue weighted by Gasteiger charge is -2.16. The van der Waals surface area contributed by atoms with Crippen molar-refractivity contribution in [2.24, 2.45) is 0 Å². The van der Waals surface area contributed by atoms with Crippen LogP contribution in [0.2, 0.25) is 0 Å². The molecule has 0 amide bonds. The zero-order chi connectivity index (χ0) is 13.4. The highest BCUT2D eigenvalue weighted by molar-refractivity contribution is 9.10. The summed E-state index contributed by atoms with van der Waals surface area (Å²) < 4.78 is 12.4. The maximum atomic E-state index is 6.07. The molecule has 1 aliphatic heterocycles. The Bertz CT molecular complexity index is 592. The van der Waals surface area contributed by atoms with Crippen LogP contribution in [-0.2, 0) is 0 Å². The molecule has 0 aromatic heterocycles. The van der Waals surface area contributed by atoms with E-state index >= 15 is 0 Å². The van der Waals surface area contributed by atoms with Gasteiger partial charge in [-0.15, -0.1) is 0 Å². The van der Waals surface area contributed by atoms with Crippen LogP contribution in [0, 0.1) is 0 Å². The zero-order valence-electron chi connectivity index (χ0n) is 10.9. The fraction of sp³-hybridized carbons (Fsp3) is 0.250. The van der Waals surface area contributed by atoms with E-state index in [9.17, 15) is 0 Å². The molecule has 2 nitrogen and oxygen atoms in total. The Morgan fingerprint density at radius 1 is 1.11 bits per heavy atom. The van der Waals surface area contributed by atoms with Crippen LogP contribution in [-0.4, -0.2) is 7.11 Å². The Hall–Kier alpha value is -1.48. The van der Waals surface area contributed by atoms with E-state index in [4.69, 9.17) is 9.47 Å². The van der Waals surface area contributed by atoms with Crippen molar-refractivity contribution in [2.45, 2.75) is 18.9 Å². The van der Waals surface area contributed by atoms with Crippen LogP contribution in [0.25, 0.3) is 0 Å². The summed E-state index contributed by atoms with van der Waals surface area (Å²) in [6.45, 7) is 2.20.